The largest absolute Gasteiger partial charge is 0.355 e. The lowest BCUT2D eigenvalue weighted by atomic mass is 9.98. The first-order chi connectivity index (χ1) is 8.58. The average molecular weight is 255 g/mol. The highest BCUT2D eigenvalue weighted by Crippen LogP contribution is 2.13. The summed E-state index contributed by atoms with van der Waals surface area (Å²) in [5, 5.41) is 6.22. The number of hydrogen-bond donors (Lipinski definition) is 2. The molecule has 0 radical (unpaired) electrons. The number of amides is 1. The van der Waals surface area contributed by atoms with Gasteiger partial charge in [0.1, 0.15) is 0 Å². The molecule has 0 bridgehead atoms. The molecule has 0 aromatic heterocycles. The zero-order valence-electron chi connectivity index (χ0n) is 12.2. The molecule has 1 rings (SSSR count). The van der Waals surface area contributed by atoms with Gasteiger partial charge in [0.2, 0.25) is 5.91 Å². The number of hydrogen-bond acceptors (Lipinski definition) is 3. The van der Waals surface area contributed by atoms with Crippen LogP contribution in [0, 0.1) is 11.8 Å². The Kier molecular flexibility index (Phi) is 7.28. The first-order valence-electron chi connectivity index (χ1n) is 7.24. The van der Waals surface area contributed by atoms with Crippen molar-refractivity contribution in [1.29, 1.82) is 0 Å². The summed E-state index contributed by atoms with van der Waals surface area (Å²) in [5.74, 6) is 1.48. The first-order valence-corrected chi connectivity index (χ1v) is 7.24. The quantitative estimate of drug-likeness (QED) is 0.715. The maximum absolute atomic E-state index is 11.5. The number of carbonyl (C=O) groups excluding carboxylic acids is 1. The highest BCUT2D eigenvalue weighted by molar-refractivity contribution is 5.77. The van der Waals surface area contributed by atoms with Crippen molar-refractivity contribution in [3.05, 3.63) is 0 Å². The molecule has 0 saturated carbocycles. The zero-order chi connectivity index (χ0) is 13.4. The lowest BCUT2D eigenvalue weighted by Crippen LogP contribution is -2.41. The van der Waals surface area contributed by atoms with Crippen LogP contribution in [0.5, 0.6) is 0 Å². The summed E-state index contributed by atoms with van der Waals surface area (Å²) in [6.45, 7) is 8.92. The molecule has 1 atom stereocenters. The summed E-state index contributed by atoms with van der Waals surface area (Å²) in [5.41, 5.74) is 0. The molecule has 1 aliphatic rings. The summed E-state index contributed by atoms with van der Waals surface area (Å²) >= 11 is 0. The van der Waals surface area contributed by atoms with Gasteiger partial charge in [0, 0.05) is 13.1 Å². The molecule has 1 unspecified atom stereocenters. The standard InChI is InChI=1S/C14H29N3O/c1-12(2)6-7-16-14(18)10-15-9-13-5-4-8-17(3)11-13/h12-13,15H,4-11H2,1-3H3,(H,16,18). The number of nitrogens with zero attached hydrogens (tertiary/aromatic N) is 1. The van der Waals surface area contributed by atoms with Gasteiger partial charge in [-0.25, -0.2) is 0 Å². The predicted molar refractivity (Wildman–Crippen MR) is 75.6 cm³/mol. The van der Waals surface area contributed by atoms with Crippen LogP contribution >= 0.6 is 0 Å². The maximum atomic E-state index is 11.5. The Hall–Kier alpha value is -0.610. The predicted octanol–water partition coefficient (Wildman–Crippen LogP) is 1.08. The Morgan fingerprint density at radius 1 is 1.44 bits per heavy atom. The van der Waals surface area contributed by atoms with Crippen molar-refractivity contribution in [2.24, 2.45) is 11.8 Å². The molecule has 0 aliphatic carbocycles. The average Bonchev–Trinajstić information content (AvgIpc) is 2.28. The molecule has 106 valence electrons. The van der Waals surface area contributed by atoms with Crippen LogP contribution in [0.2, 0.25) is 0 Å². The van der Waals surface area contributed by atoms with E-state index in [-0.39, 0.29) is 5.91 Å². The van der Waals surface area contributed by atoms with Crippen molar-refractivity contribution < 1.29 is 4.79 Å². The number of likely N-dealkylation sites (tertiary alicyclic amines) is 1. The third kappa shape index (κ3) is 6.97. The molecule has 0 aromatic carbocycles. The highest BCUT2D eigenvalue weighted by atomic mass is 16.1. The van der Waals surface area contributed by atoms with Gasteiger partial charge in [-0.05, 0) is 51.2 Å². The van der Waals surface area contributed by atoms with Crippen molar-refractivity contribution in [3.8, 4) is 0 Å². The van der Waals surface area contributed by atoms with E-state index < -0.39 is 0 Å². The smallest absolute Gasteiger partial charge is 0.233 e. The van der Waals surface area contributed by atoms with Crippen LogP contribution in [0.1, 0.15) is 33.1 Å². The maximum Gasteiger partial charge on any atom is 0.233 e. The second-order valence-electron chi connectivity index (χ2n) is 5.93. The van der Waals surface area contributed by atoms with Crippen LogP contribution in [0.4, 0.5) is 0 Å². The molecular formula is C14H29N3O. The van der Waals surface area contributed by atoms with Crippen LogP contribution in [0.3, 0.4) is 0 Å². The van der Waals surface area contributed by atoms with E-state index in [0.717, 1.165) is 26.1 Å². The van der Waals surface area contributed by atoms with E-state index in [1.165, 1.54) is 19.4 Å². The number of piperidine rings is 1. The number of carbonyl (C=O) groups is 1. The SMILES string of the molecule is CC(C)CCNC(=O)CNCC1CCCN(C)C1. The summed E-state index contributed by atoms with van der Waals surface area (Å²) in [6, 6.07) is 0. The van der Waals surface area contributed by atoms with Gasteiger partial charge in [-0.2, -0.15) is 0 Å². The lowest BCUT2D eigenvalue weighted by molar-refractivity contribution is -0.120. The molecule has 1 aliphatic heterocycles. The Morgan fingerprint density at radius 3 is 2.89 bits per heavy atom. The Bertz CT molecular complexity index is 243. The van der Waals surface area contributed by atoms with Crippen molar-refractivity contribution in [2.45, 2.75) is 33.1 Å². The van der Waals surface area contributed by atoms with Crippen molar-refractivity contribution in [1.82, 2.24) is 15.5 Å². The minimum Gasteiger partial charge on any atom is -0.355 e. The topological polar surface area (TPSA) is 44.4 Å². The van der Waals surface area contributed by atoms with E-state index in [2.05, 4.69) is 36.4 Å². The van der Waals surface area contributed by atoms with Crippen LogP contribution in [-0.4, -0.2) is 50.6 Å². The van der Waals surface area contributed by atoms with E-state index in [1.807, 2.05) is 0 Å². The molecule has 1 amide bonds. The minimum atomic E-state index is 0.125. The summed E-state index contributed by atoms with van der Waals surface area (Å²) in [6.07, 6.45) is 3.62. The monoisotopic (exact) mass is 255 g/mol. The first kappa shape index (κ1) is 15.4. The van der Waals surface area contributed by atoms with Crippen molar-refractivity contribution in [2.75, 3.05) is 39.8 Å². The number of rotatable bonds is 7. The van der Waals surface area contributed by atoms with Crippen molar-refractivity contribution in [3.63, 3.8) is 0 Å². The number of nitrogens with one attached hydrogen (secondary N) is 2. The third-order valence-corrected chi connectivity index (χ3v) is 3.48. The highest BCUT2D eigenvalue weighted by Gasteiger charge is 2.16. The molecule has 0 aromatic rings. The van der Waals surface area contributed by atoms with E-state index in [1.54, 1.807) is 0 Å². The second-order valence-corrected chi connectivity index (χ2v) is 5.93. The van der Waals surface area contributed by atoms with Gasteiger partial charge in [-0.15, -0.1) is 0 Å². The fourth-order valence-corrected chi connectivity index (χ4v) is 2.39. The Labute approximate surface area is 111 Å². The van der Waals surface area contributed by atoms with E-state index in [0.29, 0.717) is 18.4 Å². The van der Waals surface area contributed by atoms with E-state index >= 15 is 0 Å². The molecule has 1 saturated heterocycles. The molecule has 1 heterocycles. The zero-order valence-corrected chi connectivity index (χ0v) is 12.2. The van der Waals surface area contributed by atoms with Crippen LogP contribution < -0.4 is 10.6 Å². The van der Waals surface area contributed by atoms with Gasteiger partial charge in [-0.3, -0.25) is 4.79 Å². The van der Waals surface area contributed by atoms with Gasteiger partial charge in [0.25, 0.3) is 0 Å². The normalized spacial score (nSPS) is 21.2. The summed E-state index contributed by atoms with van der Waals surface area (Å²) in [4.78, 5) is 13.9. The van der Waals surface area contributed by atoms with Crippen molar-refractivity contribution >= 4 is 5.91 Å². The Morgan fingerprint density at radius 2 is 2.22 bits per heavy atom. The molecule has 4 heteroatoms. The second kappa shape index (κ2) is 8.48. The molecule has 4 nitrogen and oxygen atoms in total. The van der Waals surface area contributed by atoms with Gasteiger partial charge in [0.15, 0.2) is 0 Å². The molecule has 0 spiro atoms. The van der Waals surface area contributed by atoms with Crippen LogP contribution in [0.15, 0.2) is 0 Å². The van der Waals surface area contributed by atoms with Gasteiger partial charge in [0.05, 0.1) is 6.54 Å². The van der Waals surface area contributed by atoms with Gasteiger partial charge in [-0.1, -0.05) is 13.8 Å². The molecule has 2 N–H and O–H groups in total. The lowest BCUT2D eigenvalue weighted by Gasteiger charge is -2.29. The molecular weight excluding hydrogens is 226 g/mol. The van der Waals surface area contributed by atoms with Gasteiger partial charge < -0.3 is 15.5 Å². The fraction of sp³-hybridized carbons (Fsp3) is 0.929. The summed E-state index contributed by atoms with van der Waals surface area (Å²) in [7, 11) is 2.17. The molecule has 1 fully saturated rings. The molecule has 18 heavy (non-hydrogen) atoms. The van der Waals surface area contributed by atoms with Gasteiger partial charge >= 0.3 is 0 Å². The van der Waals surface area contributed by atoms with E-state index in [4.69, 9.17) is 0 Å². The van der Waals surface area contributed by atoms with E-state index in [9.17, 15) is 4.79 Å². The third-order valence-electron chi connectivity index (χ3n) is 3.48. The van der Waals surface area contributed by atoms with Crippen LogP contribution in [-0.2, 0) is 4.79 Å². The summed E-state index contributed by atoms with van der Waals surface area (Å²) < 4.78 is 0. The van der Waals surface area contributed by atoms with Crippen LogP contribution in [0.25, 0.3) is 0 Å². The minimum absolute atomic E-state index is 0.125. The fourth-order valence-electron chi connectivity index (χ4n) is 2.39. The Balaban J connectivity index is 2.01.